The van der Waals surface area contributed by atoms with Gasteiger partial charge in [-0.2, -0.15) is 0 Å². The number of aromatic hydroxyl groups is 1. The van der Waals surface area contributed by atoms with Crippen molar-refractivity contribution in [3.63, 3.8) is 0 Å². The minimum atomic E-state index is 0.135. The minimum absolute atomic E-state index is 0.135. The Morgan fingerprint density at radius 3 is 2.81 bits per heavy atom. The number of aryl methyl sites for hydroxylation is 1. The van der Waals surface area contributed by atoms with Gasteiger partial charge in [-0.15, -0.1) is 0 Å². The summed E-state index contributed by atoms with van der Waals surface area (Å²) >= 11 is 0. The Balaban J connectivity index is 2.53. The van der Waals surface area contributed by atoms with Gasteiger partial charge in [-0.05, 0) is 18.6 Å². The van der Waals surface area contributed by atoms with E-state index in [1.165, 1.54) is 0 Å². The van der Waals surface area contributed by atoms with E-state index in [4.69, 9.17) is 4.74 Å². The molecule has 84 valence electrons. The summed E-state index contributed by atoms with van der Waals surface area (Å²) < 4.78 is 5.05. The molecule has 0 amide bonds. The van der Waals surface area contributed by atoms with Gasteiger partial charge in [0, 0.05) is 17.1 Å². The van der Waals surface area contributed by atoms with E-state index < -0.39 is 0 Å². The summed E-state index contributed by atoms with van der Waals surface area (Å²) in [5.41, 5.74) is 1.86. The van der Waals surface area contributed by atoms with Crippen LogP contribution in [0.15, 0.2) is 24.3 Å². The molecule has 0 unspecified atom stereocenters. The molecule has 1 aromatic heterocycles. The van der Waals surface area contributed by atoms with Gasteiger partial charge in [0.25, 0.3) is 0 Å². The average Bonchev–Trinajstić information content (AvgIpc) is 2.28. The minimum Gasteiger partial charge on any atom is -0.504 e. The molecule has 3 nitrogen and oxygen atoms in total. The van der Waals surface area contributed by atoms with Crippen LogP contribution in [-0.4, -0.2) is 17.2 Å². The van der Waals surface area contributed by atoms with Gasteiger partial charge in [0.1, 0.15) is 0 Å². The topological polar surface area (TPSA) is 42.4 Å². The summed E-state index contributed by atoms with van der Waals surface area (Å²) in [7, 11) is 1.54. The lowest BCUT2D eigenvalue weighted by Gasteiger charge is -2.06. The van der Waals surface area contributed by atoms with Crippen LogP contribution in [0.25, 0.3) is 10.9 Å². The maximum atomic E-state index is 9.66. The number of rotatable bonds is 3. The number of pyridine rings is 1. The number of nitrogens with zero attached hydrogens (tertiary/aromatic N) is 1. The molecule has 0 aliphatic heterocycles. The summed E-state index contributed by atoms with van der Waals surface area (Å²) in [6, 6.07) is 7.47. The van der Waals surface area contributed by atoms with Gasteiger partial charge in [0.2, 0.25) is 0 Å². The molecule has 0 bridgehead atoms. The maximum absolute atomic E-state index is 9.66. The molecule has 1 aromatic carbocycles. The normalized spacial score (nSPS) is 10.6. The first kappa shape index (κ1) is 10.7. The molecule has 0 radical (unpaired) electrons. The van der Waals surface area contributed by atoms with E-state index in [1.54, 1.807) is 19.2 Å². The molecule has 0 saturated carbocycles. The lowest BCUT2D eigenvalue weighted by Crippen LogP contribution is -1.90. The third-order valence-electron chi connectivity index (χ3n) is 2.55. The Morgan fingerprint density at radius 1 is 1.31 bits per heavy atom. The Labute approximate surface area is 94.7 Å². The molecule has 0 spiro atoms. The van der Waals surface area contributed by atoms with E-state index in [1.807, 2.05) is 12.1 Å². The molecule has 1 heterocycles. The zero-order valence-corrected chi connectivity index (χ0v) is 9.53. The van der Waals surface area contributed by atoms with Crippen LogP contribution in [-0.2, 0) is 6.42 Å². The fourth-order valence-electron chi connectivity index (χ4n) is 1.74. The third kappa shape index (κ3) is 1.94. The first-order valence-corrected chi connectivity index (χ1v) is 5.41. The van der Waals surface area contributed by atoms with Crippen molar-refractivity contribution >= 4 is 10.9 Å². The van der Waals surface area contributed by atoms with Crippen LogP contribution in [0.1, 0.15) is 19.0 Å². The quantitative estimate of drug-likeness (QED) is 0.859. The van der Waals surface area contributed by atoms with Crippen LogP contribution in [0, 0.1) is 0 Å². The lowest BCUT2D eigenvalue weighted by atomic mass is 10.1. The molecule has 2 aromatic rings. The van der Waals surface area contributed by atoms with Gasteiger partial charge in [0.15, 0.2) is 11.5 Å². The van der Waals surface area contributed by atoms with Crippen molar-refractivity contribution in [2.24, 2.45) is 0 Å². The van der Waals surface area contributed by atoms with E-state index >= 15 is 0 Å². The molecule has 2 rings (SSSR count). The van der Waals surface area contributed by atoms with Crippen LogP contribution >= 0.6 is 0 Å². The fraction of sp³-hybridized carbons (Fsp3) is 0.308. The number of ether oxygens (including phenoxy) is 1. The number of fused-ring (bicyclic) bond motifs is 1. The molecule has 1 N–H and O–H groups in total. The van der Waals surface area contributed by atoms with E-state index in [2.05, 4.69) is 11.9 Å². The van der Waals surface area contributed by atoms with Crippen molar-refractivity contribution in [3.8, 4) is 11.5 Å². The van der Waals surface area contributed by atoms with Crippen molar-refractivity contribution in [1.29, 1.82) is 0 Å². The largest absolute Gasteiger partial charge is 0.504 e. The number of phenols is 1. The maximum Gasteiger partial charge on any atom is 0.161 e. The Morgan fingerprint density at radius 2 is 2.12 bits per heavy atom. The fourth-order valence-corrected chi connectivity index (χ4v) is 1.74. The van der Waals surface area contributed by atoms with Gasteiger partial charge in [-0.3, -0.25) is 4.98 Å². The zero-order valence-electron chi connectivity index (χ0n) is 9.53. The highest BCUT2D eigenvalue weighted by molar-refractivity contribution is 5.82. The van der Waals surface area contributed by atoms with Gasteiger partial charge in [0.05, 0.1) is 12.6 Å². The van der Waals surface area contributed by atoms with E-state index in [0.29, 0.717) is 5.75 Å². The van der Waals surface area contributed by atoms with Crippen LogP contribution in [0.3, 0.4) is 0 Å². The van der Waals surface area contributed by atoms with Crippen molar-refractivity contribution in [2.75, 3.05) is 7.11 Å². The number of benzene rings is 1. The molecular formula is C13H15NO2. The summed E-state index contributed by atoms with van der Waals surface area (Å²) in [5.74, 6) is 0.619. The number of hydrogen-bond donors (Lipinski definition) is 1. The summed E-state index contributed by atoms with van der Waals surface area (Å²) in [4.78, 5) is 4.49. The van der Waals surface area contributed by atoms with Crippen LogP contribution in [0.4, 0.5) is 0 Å². The second-order valence-electron chi connectivity index (χ2n) is 3.77. The molecule has 3 heteroatoms. The lowest BCUT2D eigenvalue weighted by molar-refractivity contribution is 0.374. The standard InChI is InChI=1S/C13H15NO2/c1-3-4-10-6-5-9-7-13(16-2)12(15)8-11(9)14-10/h5-8,15H,3-4H2,1-2H3. The van der Waals surface area contributed by atoms with E-state index in [0.717, 1.165) is 29.4 Å². The third-order valence-corrected chi connectivity index (χ3v) is 2.55. The zero-order chi connectivity index (χ0) is 11.5. The van der Waals surface area contributed by atoms with Gasteiger partial charge < -0.3 is 9.84 Å². The molecule has 0 fully saturated rings. The molecular weight excluding hydrogens is 202 g/mol. The number of methoxy groups -OCH3 is 1. The highest BCUT2D eigenvalue weighted by Gasteiger charge is 2.05. The number of aromatic nitrogens is 1. The smallest absolute Gasteiger partial charge is 0.161 e. The van der Waals surface area contributed by atoms with Gasteiger partial charge in [-0.25, -0.2) is 0 Å². The van der Waals surface area contributed by atoms with Crippen LogP contribution in [0.2, 0.25) is 0 Å². The highest BCUT2D eigenvalue weighted by Crippen LogP contribution is 2.30. The number of hydrogen-bond acceptors (Lipinski definition) is 3. The Kier molecular flexibility index (Phi) is 2.95. The first-order chi connectivity index (χ1) is 7.74. The van der Waals surface area contributed by atoms with Gasteiger partial charge in [-0.1, -0.05) is 19.4 Å². The average molecular weight is 217 g/mol. The second-order valence-corrected chi connectivity index (χ2v) is 3.77. The van der Waals surface area contributed by atoms with Crippen molar-refractivity contribution in [2.45, 2.75) is 19.8 Å². The summed E-state index contributed by atoms with van der Waals surface area (Å²) in [5, 5.41) is 10.6. The highest BCUT2D eigenvalue weighted by atomic mass is 16.5. The van der Waals surface area contributed by atoms with Crippen LogP contribution in [0.5, 0.6) is 11.5 Å². The molecule has 16 heavy (non-hydrogen) atoms. The molecule has 0 atom stereocenters. The van der Waals surface area contributed by atoms with Crippen molar-refractivity contribution in [3.05, 3.63) is 30.0 Å². The van der Waals surface area contributed by atoms with Crippen molar-refractivity contribution in [1.82, 2.24) is 4.98 Å². The molecule has 0 aliphatic carbocycles. The summed E-state index contributed by atoms with van der Waals surface area (Å²) in [6.07, 6.45) is 2.03. The SMILES string of the molecule is CCCc1ccc2cc(OC)c(O)cc2n1. The van der Waals surface area contributed by atoms with E-state index in [9.17, 15) is 5.11 Å². The number of phenolic OH excluding ortho intramolecular Hbond substituents is 1. The predicted octanol–water partition coefficient (Wildman–Crippen LogP) is 2.90. The first-order valence-electron chi connectivity index (χ1n) is 5.41. The Bertz CT molecular complexity index is 509. The molecule has 0 saturated heterocycles. The second kappa shape index (κ2) is 4.39. The summed E-state index contributed by atoms with van der Waals surface area (Å²) in [6.45, 7) is 2.12. The van der Waals surface area contributed by atoms with Crippen LogP contribution < -0.4 is 4.74 Å². The predicted molar refractivity (Wildman–Crippen MR) is 64.0 cm³/mol. The van der Waals surface area contributed by atoms with Gasteiger partial charge >= 0.3 is 0 Å². The van der Waals surface area contributed by atoms with E-state index in [-0.39, 0.29) is 5.75 Å². The monoisotopic (exact) mass is 217 g/mol. The Hall–Kier alpha value is -1.77. The molecule has 0 aliphatic rings. The van der Waals surface area contributed by atoms with Crippen molar-refractivity contribution < 1.29 is 9.84 Å².